The van der Waals surface area contributed by atoms with E-state index in [9.17, 15) is 9.59 Å². The van der Waals surface area contributed by atoms with Crippen LogP contribution in [0, 0.1) is 12.8 Å². The summed E-state index contributed by atoms with van der Waals surface area (Å²) in [6.45, 7) is 5.75. The monoisotopic (exact) mass is 375 g/mol. The van der Waals surface area contributed by atoms with Crippen molar-refractivity contribution in [2.45, 2.75) is 58.5 Å². The highest BCUT2D eigenvalue weighted by Gasteiger charge is 2.27. The molecule has 1 aromatic rings. The number of amides is 1. The van der Waals surface area contributed by atoms with Crippen molar-refractivity contribution >= 4 is 35.6 Å². The summed E-state index contributed by atoms with van der Waals surface area (Å²) in [6, 6.07) is -0.0967. The number of halogens is 1. The quantitative estimate of drug-likeness (QED) is 0.745. The summed E-state index contributed by atoms with van der Waals surface area (Å²) in [5.41, 5.74) is 6.65. The van der Waals surface area contributed by atoms with Crippen molar-refractivity contribution in [3.63, 3.8) is 0 Å². The van der Waals surface area contributed by atoms with E-state index in [4.69, 9.17) is 10.5 Å². The summed E-state index contributed by atoms with van der Waals surface area (Å²) in [5.74, 6) is -0.0927. The molecule has 24 heavy (non-hydrogen) atoms. The van der Waals surface area contributed by atoms with Crippen LogP contribution in [0.5, 0.6) is 0 Å². The minimum absolute atomic E-state index is 0. The lowest BCUT2D eigenvalue weighted by Gasteiger charge is -2.17. The lowest BCUT2D eigenvalue weighted by atomic mass is 10.00. The summed E-state index contributed by atoms with van der Waals surface area (Å²) in [7, 11) is 0. The highest BCUT2D eigenvalue weighted by atomic mass is 35.5. The molecule has 1 aliphatic rings. The fourth-order valence-corrected chi connectivity index (χ4v) is 3.87. The zero-order valence-corrected chi connectivity index (χ0v) is 16.0. The molecule has 0 aliphatic heterocycles. The second-order valence-electron chi connectivity index (χ2n) is 6.04. The maximum Gasteiger partial charge on any atom is 0.350 e. The van der Waals surface area contributed by atoms with Gasteiger partial charge in [-0.25, -0.2) is 9.78 Å². The number of aromatic nitrogens is 1. The first kappa shape index (κ1) is 20.9. The van der Waals surface area contributed by atoms with Crippen LogP contribution in [0.1, 0.15) is 65.9 Å². The summed E-state index contributed by atoms with van der Waals surface area (Å²) >= 11 is 1.28. The molecule has 0 spiro atoms. The van der Waals surface area contributed by atoms with Crippen LogP contribution in [0.3, 0.4) is 0 Å². The minimum Gasteiger partial charge on any atom is -0.462 e. The molecule has 1 aromatic heterocycles. The van der Waals surface area contributed by atoms with Gasteiger partial charge in [0, 0.05) is 12.5 Å². The number of ether oxygens (including phenoxy) is 1. The van der Waals surface area contributed by atoms with E-state index >= 15 is 0 Å². The molecule has 3 atom stereocenters. The maximum atomic E-state index is 12.2. The molecule has 0 aromatic carbocycles. The highest BCUT2D eigenvalue weighted by molar-refractivity contribution is 7.13. The molecule has 0 radical (unpaired) electrons. The largest absolute Gasteiger partial charge is 0.462 e. The van der Waals surface area contributed by atoms with E-state index in [1.165, 1.54) is 11.3 Å². The molecule has 0 bridgehead atoms. The number of aryl methyl sites for hydroxylation is 1. The molecular formula is C16H26ClN3O3S. The molecule has 1 aliphatic carbocycles. The first-order chi connectivity index (χ1) is 10.9. The lowest BCUT2D eigenvalue weighted by Crippen LogP contribution is -2.32. The molecule has 1 heterocycles. The van der Waals surface area contributed by atoms with Gasteiger partial charge in [0.05, 0.1) is 18.3 Å². The Morgan fingerprint density at radius 2 is 2.17 bits per heavy atom. The standard InChI is InChI=1S/C16H25N3O3S.ClH/c1-4-22-16(21)14-9(2)19-15(23-14)10(3)18-13(20)8-11-6-5-7-12(11)17;/h10-12H,4-8,17H2,1-3H3,(H,18,20);1H/t10?,11-,12+;/m0./s1. The van der Waals surface area contributed by atoms with Crippen molar-refractivity contribution in [3.05, 3.63) is 15.6 Å². The Morgan fingerprint density at radius 3 is 2.75 bits per heavy atom. The Labute approximate surface area is 153 Å². The van der Waals surface area contributed by atoms with Crippen LogP contribution in [0.25, 0.3) is 0 Å². The van der Waals surface area contributed by atoms with E-state index in [0.717, 1.165) is 24.3 Å². The zero-order chi connectivity index (χ0) is 17.0. The third-order valence-electron chi connectivity index (χ3n) is 4.19. The average molecular weight is 376 g/mol. The Morgan fingerprint density at radius 1 is 1.46 bits per heavy atom. The van der Waals surface area contributed by atoms with Gasteiger partial charge in [-0.05, 0) is 39.5 Å². The van der Waals surface area contributed by atoms with Gasteiger partial charge in [-0.15, -0.1) is 23.7 Å². The molecule has 6 nitrogen and oxygen atoms in total. The minimum atomic E-state index is -0.357. The Balaban J connectivity index is 0.00000288. The van der Waals surface area contributed by atoms with Crippen LogP contribution in [-0.2, 0) is 9.53 Å². The smallest absolute Gasteiger partial charge is 0.350 e. The Hall–Kier alpha value is -1.18. The summed E-state index contributed by atoms with van der Waals surface area (Å²) in [4.78, 5) is 28.9. The summed E-state index contributed by atoms with van der Waals surface area (Å²) in [5, 5.41) is 3.67. The second-order valence-corrected chi connectivity index (χ2v) is 7.07. The van der Waals surface area contributed by atoms with Crippen molar-refractivity contribution in [1.82, 2.24) is 10.3 Å². The lowest BCUT2D eigenvalue weighted by molar-refractivity contribution is -0.122. The first-order valence-corrected chi connectivity index (χ1v) is 8.93. The Kier molecular flexibility index (Phi) is 8.12. The number of nitrogens with zero attached hydrogens (tertiary/aromatic N) is 1. The fraction of sp³-hybridized carbons (Fsp3) is 0.688. The van der Waals surface area contributed by atoms with Crippen molar-refractivity contribution in [3.8, 4) is 0 Å². The summed E-state index contributed by atoms with van der Waals surface area (Å²) in [6.07, 6.45) is 3.58. The highest BCUT2D eigenvalue weighted by Crippen LogP contribution is 2.28. The van der Waals surface area contributed by atoms with Gasteiger partial charge in [-0.1, -0.05) is 6.42 Å². The summed E-state index contributed by atoms with van der Waals surface area (Å²) < 4.78 is 5.01. The predicted molar refractivity (Wildman–Crippen MR) is 96.5 cm³/mol. The number of hydrogen-bond acceptors (Lipinski definition) is 6. The predicted octanol–water partition coefficient (Wildman–Crippen LogP) is 2.74. The molecule has 3 N–H and O–H groups in total. The number of carbonyl (C=O) groups excluding carboxylic acids is 2. The molecule has 136 valence electrons. The van der Waals surface area contributed by atoms with E-state index in [1.54, 1.807) is 13.8 Å². The van der Waals surface area contributed by atoms with E-state index in [1.807, 2.05) is 6.92 Å². The van der Waals surface area contributed by atoms with Crippen molar-refractivity contribution in [1.29, 1.82) is 0 Å². The number of esters is 1. The van der Waals surface area contributed by atoms with E-state index in [0.29, 0.717) is 23.6 Å². The normalized spacial score (nSPS) is 21.0. The Bertz CT molecular complexity index is 579. The molecule has 1 amide bonds. The van der Waals surface area contributed by atoms with Crippen molar-refractivity contribution in [2.24, 2.45) is 11.7 Å². The van der Waals surface area contributed by atoms with Gasteiger partial charge in [0.1, 0.15) is 9.88 Å². The van der Waals surface area contributed by atoms with E-state index < -0.39 is 0 Å². The number of nitrogens with two attached hydrogens (primary N) is 1. The molecule has 2 rings (SSSR count). The molecule has 0 saturated heterocycles. The van der Waals surface area contributed by atoms with Gasteiger partial charge < -0.3 is 15.8 Å². The van der Waals surface area contributed by atoms with Gasteiger partial charge in [0.25, 0.3) is 0 Å². The number of thiazole rings is 1. The van der Waals surface area contributed by atoms with Gasteiger partial charge in [0.15, 0.2) is 0 Å². The number of nitrogens with one attached hydrogen (secondary N) is 1. The average Bonchev–Trinajstić information content (AvgIpc) is 3.06. The number of rotatable bonds is 6. The van der Waals surface area contributed by atoms with Crippen molar-refractivity contribution < 1.29 is 14.3 Å². The molecule has 8 heteroatoms. The van der Waals surface area contributed by atoms with Crippen LogP contribution in [0.15, 0.2) is 0 Å². The third-order valence-corrected chi connectivity index (χ3v) is 5.51. The molecular weight excluding hydrogens is 350 g/mol. The molecule has 1 fully saturated rings. The van der Waals surface area contributed by atoms with E-state index in [-0.39, 0.29) is 42.3 Å². The SMILES string of the molecule is CCOC(=O)c1sc(C(C)NC(=O)C[C@@H]2CCC[C@H]2N)nc1C.Cl. The number of hydrogen-bond donors (Lipinski definition) is 2. The molecule has 1 unspecified atom stereocenters. The second kappa shape index (κ2) is 9.34. The first-order valence-electron chi connectivity index (χ1n) is 8.11. The van der Waals surface area contributed by atoms with Crippen LogP contribution >= 0.6 is 23.7 Å². The van der Waals surface area contributed by atoms with Crippen LogP contribution < -0.4 is 11.1 Å². The van der Waals surface area contributed by atoms with E-state index in [2.05, 4.69) is 10.3 Å². The topological polar surface area (TPSA) is 94.3 Å². The van der Waals surface area contributed by atoms with Gasteiger partial charge >= 0.3 is 5.97 Å². The van der Waals surface area contributed by atoms with Crippen LogP contribution in [0.4, 0.5) is 0 Å². The van der Waals surface area contributed by atoms with Crippen LogP contribution in [0.2, 0.25) is 0 Å². The molecule has 1 saturated carbocycles. The maximum absolute atomic E-state index is 12.2. The zero-order valence-electron chi connectivity index (χ0n) is 14.3. The van der Waals surface area contributed by atoms with Gasteiger partial charge in [0.2, 0.25) is 5.91 Å². The fourth-order valence-electron chi connectivity index (χ4n) is 2.91. The van der Waals surface area contributed by atoms with Gasteiger partial charge in [-0.2, -0.15) is 0 Å². The van der Waals surface area contributed by atoms with Crippen LogP contribution in [-0.4, -0.2) is 29.5 Å². The van der Waals surface area contributed by atoms with Crippen molar-refractivity contribution in [2.75, 3.05) is 6.61 Å². The number of carbonyl (C=O) groups is 2. The third kappa shape index (κ3) is 5.16. The van der Waals surface area contributed by atoms with Gasteiger partial charge in [-0.3, -0.25) is 4.79 Å².